The lowest BCUT2D eigenvalue weighted by molar-refractivity contribution is -0.0571. The van der Waals surface area contributed by atoms with Crippen molar-refractivity contribution in [1.82, 2.24) is 34.6 Å². The second-order valence-electron chi connectivity index (χ2n) is 6.89. The van der Waals surface area contributed by atoms with Gasteiger partial charge in [0.25, 0.3) is 5.91 Å². The van der Waals surface area contributed by atoms with Gasteiger partial charge in [-0.25, -0.2) is 18.7 Å². The Balaban J connectivity index is 1.55. The van der Waals surface area contributed by atoms with E-state index < -0.39 is 23.6 Å². The topological polar surface area (TPSA) is 98.9 Å². The smallest absolute Gasteiger partial charge is 0.258 e. The van der Waals surface area contributed by atoms with E-state index in [9.17, 15) is 13.6 Å². The van der Waals surface area contributed by atoms with Gasteiger partial charge in [0.05, 0.1) is 42.9 Å². The molecule has 11 heteroatoms. The van der Waals surface area contributed by atoms with E-state index in [0.717, 1.165) is 12.4 Å². The van der Waals surface area contributed by atoms with Crippen LogP contribution in [0.25, 0.3) is 11.6 Å². The maximum Gasteiger partial charge on any atom is 0.258 e. The van der Waals surface area contributed by atoms with Crippen LogP contribution >= 0.6 is 0 Å². The number of rotatable bonds is 2. The minimum atomic E-state index is -0.635. The van der Waals surface area contributed by atoms with Gasteiger partial charge in [-0.1, -0.05) is 0 Å². The van der Waals surface area contributed by atoms with E-state index in [1.165, 1.54) is 19.2 Å². The van der Waals surface area contributed by atoms with E-state index in [4.69, 9.17) is 4.74 Å². The van der Waals surface area contributed by atoms with E-state index in [-0.39, 0.29) is 36.3 Å². The molecule has 5 rings (SSSR count). The number of amides is 1. The van der Waals surface area contributed by atoms with Crippen molar-refractivity contribution in [2.75, 3.05) is 13.2 Å². The summed E-state index contributed by atoms with van der Waals surface area (Å²) in [7, 11) is 0. The van der Waals surface area contributed by atoms with Crippen LogP contribution in [0.4, 0.5) is 8.78 Å². The molecule has 3 aromatic heterocycles. The molecule has 1 fully saturated rings. The molecule has 2 atom stereocenters. The van der Waals surface area contributed by atoms with Crippen molar-refractivity contribution in [1.29, 1.82) is 0 Å². The number of aromatic nitrogens is 6. The second-order valence-corrected chi connectivity index (χ2v) is 6.89. The molecule has 0 N–H and O–H groups in total. The average Bonchev–Trinajstić information content (AvgIpc) is 3.13. The first-order chi connectivity index (χ1) is 14.0. The summed E-state index contributed by atoms with van der Waals surface area (Å²) in [6.07, 6.45) is 3.52. The first kappa shape index (κ1) is 17.7. The van der Waals surface area contributed by atoms with E-state index in [0.29, 0.717) is 18.2 Å². The fourth-order valence-electron chi connectivity index (χ4n) is 3.78. The van der Waals surface area contributed by atoms with E-state index in [1.807, 2.05) is 4.57 Å². The summed E-state index contributed by atoms with van der Waals surface area (Å²) in [6.45, 7) is 2.33. The van der Waals surface area contributed by atoms with Gasteiger partial charge in [0.1, 0.15) is 6.04 Å². The maximum atomic E-state index is 14.5. The average molecular weight is 399 g/mol. The summed E-state index contributed by atoms with van der Waals surface area (Å²) >= 11 is 0. The Morgan fingerprint density at radius 2 is 1.97 bits per heavy atom. The zero-order valence-corrected chi connectivity index (χ0v) is 15.3. The molecular formula is C18H15F2N7O2. The summed E-state index contributed by atoms with van der Waals surface area (Å²) in [5.41, 5.74) is 0.123. The van der Waals surface area contributed by atoms with Crippen LogP contribution in [0.2, 0.25) is 0 Å². The van der Waals surface area contributed by atoms with Crippen LogP contribution in [0, 0.1) is 18.6 Å². The normalized spacial score (nSPS) is 20.4. The van der Waals surface area contributed by atoms with E-state index >= 15 is 0 Å². The molecule has 2 aliphatic rings. The Bertz CT molecular complexity index is 1100. The lowest BCUT2D eigenvalue weighted by atomic mass is 10.0. The third-order valence-corrected chi connectivity index (χ3v) is 5.13. The van der Waals surface area contributed by atoms with Crippen LogP contribution in [-0.4, -0.2) is 59.8 Å². The number of nitrogens with zero attached hydrogens (tertiary/aromatic N) is 7. The summed E-state index contributed by atoms with van der Waals surface area (Å²) in [4.78, 5) is 26.6. The molecule has 148 valence electrons. The van der Waals surface area contributed by atoms with Crippen molar-refractivity contribution < 1.29 is 18.3 Å². The highest BCUT2D eigenvalue weighted by molar-refractivity contribution is 5.95. The van der Waals surface area contributed by atoms with Gasteiger partial charge in [0.2, 0.25) is 5.82 Å². The molecule has 0 radical (unpaired) electrons. The number of halogens is 2. The van der Waals surface area contributed by atoms with Crippen LogP contribution in [0.3, 0.4) is 0 Å². The first-order valence-electron chi connectivity index (χ1n) is 8.97. The Morgan fingerprint density at radius 1 is 1.17 bits per heavy atom. The van der Waals surface area contributed by atoms with Crippen LogP contribution in [0.15, 0.2) is 24.7 Å². The zero-order chi connectivity index (χ0) is 20.1. The number of hydrogen-bond acceptors (Lipinski definition) is 7. The Labute approximate surface area is 163 Å². The lowest BCUT2D eigenvalue weighted by Gasteiger charge is -2.45. The van der Waals surface area contributed by atoms with Crippen LogP contribution in [-0.2, 0) is 11.3 Å². The molecule has 2 bridgehead atoms. The fraction of sp³-hybridized carbons (Fsp3) is 0.333. The maximum absolute atomic E-state index is 14.5. The van der Waals surface area contributed by atoms with Gasteiger partial charge < -0.3 is 14.2 Å². The summed E-state index contributed by atoms with van der Waals surface area (Å²) in [6, 6.07) is 0.486. The largest absolute Gasteiger partial charge is 0.377 e. The number of carbonyl (C=O) groups is 1. The standard InChI is InChI=1S/C18H15F2N7O2/c1-9-14(20)12(2-3-21-9)18(28)27-11-6-26-16(13(27)8-29-7-11)24-25-17(26)15-22-4-10(19)5-23-15/h2-5,11,13H,6-8H2,1H3/t11-,13-/m1/s1. The molecule has 5 heterocycles. The number of ether oxygens (including phenoxy) is 1. The van der Waals surface area contributed by atoms with Gasteiger partial charge in [0.15, 0.2) is 23.3 Å². The van der Waals surface area contributed by atoms with Crippen LogP contribution in [0.1, 0.15) is 27.9 Å². The molecule has 3 aromatic rings. The molecule has 9 nitrogen and oxygen atoms in total. The Morgan fingerprint density at radius 3 is 2.76 bits per heavy atom. The summed E-state index contributed by atoms with van der Waals surface area (Å²) < 4.78 is 35.1. The van der Waals surface area contributed by atoms with E-state index in [1.54, 1.807) is 4.90 Å². The molecule has 2 aliphatic heterocycles. The zero-order valence-electron chi connectivity index (χ0n) is 15.3. The fourth-order valence-corrected chi connectivity index (χ4v) is 3.78. The third kappa shape index (κ3) is 2.77. The lowest BCUT2D eigenvalue weighted by Crippen LogP contribution is -2.56. The number of aryl methyl sites for hydroxylation is 1. The van der Waals surface area contributed by atoms with Crippen molar-refractivity contribution in [3.8, 4) is 11.6 Å². The minimum Gasteiger partial charge on any atom is -0.377 e. The predicted molar refractivity (Wildman–Crippen MR) is 93.5 cm³/mol. The molecule has 0 saturated carbocycles. The number of hydrogen-bond donors (Lipinski definition) is 0. The molecular weight excluding hydrogens is 384 g/mol. The number of fused-ring (bicyclic) bond motifs is 4. The SMILES string of the molecule is Cc1nccc(C(=O)N2[C@H]3COC[C@@H]2c2nnc(-c4ncc(F)cn4)n2C3)c1F. The summed E-state index contributed by atoms with van der Waals surface area (Å²) in [5.74, 6) is -0.522. The predicted octanol–water partition coefficient (Wildman–Crippen LogP) is 1.31. The first-order valence-corrected chi connectivity index (χ1v) is 8.97. The van der Waals surface area contributed by atoms with Gasteiger partial charge in [-0.3, -0.25) is 9.78 Å². The Hall–Kier alpha value is -3.34. The molecule has 29 heavy (non-hydrogen) atoms. The van der Waals surface area contributed by atoms with Crippen LogP contribution < -0.4 is 0 Å². The molecule has 0 spiro atoms. The number of pyridine rings is 1. The van der Waals surface area contributed by atoms with Gasteiger partial charge in [0, 0.05) is 12.7 Å². The second kappa shape index (κ2) is 6.62. The van der Waals surface area contributed by atoms with Gasteiger partial charge in [-0.15, -0.1) is 10.2 Å². The highest BCUT2D eigenvalue weighted by atomic mass is 19.1. The molecule has 1 amide bonds. The van der Waals surface area contributed by atoms with Gasteiger partial charge in [-0.05, 0) is 13.0 Å². The van der Waals surface area contributed by atoms with Crippen molar-refractivity contribution in [2.24, 2.45) is 0 Å². The molecule has 1 saturated heterocycles. The highest BCUT2D eigenvalue weighted by Crippen LogP contribution is 2.35. The van der Waals surface area contributed by atoms with Crippen molar-refractivity contribution in [3.63, 3.8) is 0 Å². The minimum absolute atomic E-state index is 0.0375. The van der Waals surface area contributed by atoms with Crippen LogP contribution in [0.5, 0.6) is 0 Å². The van der Waals surface area contributed by atoms with Crippen molar-refractivity contribution in [2.45, 2.75) is 25.6 Å². The molecule has 0 aliphatic carbocycles. The number of morpholine rings is 1. The van der Waals surface area contributed by atoms with Crippen molar-refractivity contribution in [3.05, 3.63) is 53.4 Å². The molecule has 0 aromatic carbocycles. The number of carbonyl (C=O) groups excluding carboxylic acids is 1. The Kier molecular flexibility index (Phi) is 4.05. The van der Waals surface area contributed by atoms with Crippen molar-refractivity contribution >= 4 is 5.91 Å². The molecule has 0 unspecified atom stereocenters. The van der Waals surface area contributed by atoms with E-state index in [2.05, 4.69) is 25.1 Å². The summed E-state index contributed by atoms with van der Waals surface area (Å²) in [5, 5.41) is 8.35. The quantitative estimate of drug-likeness (QED) is 0.641. The highest BCUT2D eigenvalue weighted by Gasteiger charge is 2.44. The monoisotopic (exact) mass is 399 g/mol. The third-order valence-electron chi connectivity index (χ3n) is 5.13. The van der Waals surface area contributed by atoms with Gasteiger partial charge in [-0.2, -0.15) is 0 Å². The van der Waals surface area contributed by atoms with Gasteiger partial charge >= 0.3 is 0 Å².